The van der Waals surface area contributed by atoms with E-state index >= 15 is 0 Å². The SMILES string of the molecule is O=Cc1c[nH]c2ncc(-c3ccnc(N4CCCC4)c3)nc12. The van der Waals surface area contributed by atoms with Crippen LogP contribution in [0.2, 0.25) is 0 Å². The lowest BCUT2D eigenvalue weighted by Crippen LogP contribution is -2.18. The molecule has 3 aromatic rings. The monoisotopic (exact) mass is 293 g/mol. The van der Waals surface area contributed by atoms with Gasteiger partial charge in [0.1, 0.15) is 11.3 Å². The van der Waals surface area contributed by atoms with Crippen LogP contribution in [0.3, 0.4) is 0 Å². The van der Waals surface area contributed by atoms with Crippen molar-refractivity contribution in [3.8, 4) is 11.3 Å². The van der Waals surface area contributed by atoms with Crippen LogP contribution in [-0.4, -0.2) is 39.3 Å². The second-order valence-electron chi connectivity index (χ2n) is 5.41. The fourth-order valence-electron chi connectivity index (χ4n) is 2.84. The lowest BCUT2D eigenvalue weighted by atomic mass is 10.2. The number of aromatic amines is 1. The number of nitrogens with zero attached hydrogens (tertiary/aromatic N) is 4. The van der Waals surface area contributed by atoms with Gasteiger partial charge < -0.3 is 9.88 Å². The van der Waals surface area contributed by atoms with Crippen molar-refractivity contribution in [3.63, 3.8) is 0 Å². The molecule has 4 heterocycles. The van der Waals surface area contributed by atoms with Crippen LogP contribution in [0.1, 0.15) is 23.2 Å². The summed E-state index contributed by atoms with van der Waals surface area (Å²) in [6.45, 7) is 2.10. The van der Waals surface area contributed by atoms with E-state index < -0.39 is 0 Å². The molecule has 1 saturated heterocycles. The number of aldehydes is 1. The number of aromatic nitrogens is 4. The van der Waals surface area contributed by atoms with Crippen molar-refractivity contribution in [1.29, 1.82) is 0 Å². The predicted octanol–water partition coefficient (Wildman–Crippen LogP) is 2.43. The molecule has 1 aliphatic heterocycles. The summed E-state index contributed by atoms with van der Waals surface area (Å²) in [6, 6.07) is 3.96. The first-order valence-electron chi connectivity index (χ1n) is 7.36. The van der Waals surface area contributed by atoms with Gasteiger partial charge in [-0.15, -0.1) is 0 Å². The third kappa shape index (κ3) is 2.13. The van der Waals surface area contributed by atoms with Crippen molar-refractivity contribution in [3.05, 3.63) is 36.3 Å². The number of rotatable bonds is 3. The van der Waals surface area contributed by atoms with Gasteiger partial charge in [0.2, 0.25) is 0 Å². The Bertz CT molecular complexity index is 835. The van der Waals surface area contributed by atoms with Gasteiger partial charge >= 0.3 is 0 Å². The molecule has 110 valence electrons. The van der Waals surface area contributed by atoms with Crippen LogP contribution in [0.15, 0.2) is 30.7 Å². The number of carbonyl (C=O) groups excluding carboxylic acids is 1. The molecule has 4 rings (SSSR count). The molecule has 1 N–H and O–H groups in total. The topological polar surface area (TPSA) is 74.8 Å². The van der Waals surface area contributed by atoms with Gasteiger partial charge in [-0.3, -0.25) is 4.79 Å². The van der Waals surface area contributed by atoms with Crippen LogP contribution in [0, 0.1) is 0 Å². The van der Waals surface area contributed by atoms with E-state index in [0.29, 0.717) is 16.7 Å². The molecule has 1 fully saturated rings. The largest absolute Gasteiger partial charge is 0.357 e. The van der Waals surface area contributed by atoms with Crippen LogP contribution >= 0.6 is 0 Å². The maximum absolute atomic E-state index is 11.1. The van der Waals surface area contributed by atoms with E-state index in [0.717, 1.165) is 36.5 Å². The van der Waals surface area contributed by atoms with Gasteiger partial charge in [-0.25, -0.2) is 15.0 Å². The van der Waals surface area contributed by atoms with E-state index in [9.17, 15) is 4.79 Å². The molecule has 1 aliphatic rings. The summed E-state index contributed by atoms with van der Waals surface area (Å²) in [7, 11) is 0. The number of nitrogens with one attached hydrogen (secondary N) is 1. The highest BCUT2D eigenvalue weighted by molar-refractivity contribution is 5.93. The molecule has 0 aromatic carbocycles. The minimum atomic E-state index is 0.526. The Hall–Kier alpha value is -2.76. The molecule has 0 unspecified atom stereocenters. The second kappa shape index (κ2) is 5.22. The van der Waals surface area contributed by atoms with Crippen LogP contribution in [0.4, 0.5) is 5.82 Å². The predicted molar refractivity (Wildman–Crippen MR) is 84.0 cm³/mol. The summed E-state index contributed by atoms with van der Waals surface area (Å²) >= 11 is 0. The Balaban J connectivity index is 1.77. The molecular weight excluding hydrogens is 278 g/mol. The van der Waals surface area contributed by atoms with Crippen LogP contribution in [0.25, 0.3) is 22.4 Å². The Morgan fingerprint density at radius 3 is 2.91 bits per heavy atom. The number of hydrogen-bond acceptors (Lipinski definition) is 5. The van der Waals surface area contributed by atoms with Crippen molar-refractivity contribution in [2.45, 2.75) is 12.8 Å². The maximum Gasteiger partial charge on any atom is 0.156 e. The summed E-state index contributed by atoms with van der Waals surface area (Å²) in [6.07, 6.45) is 8.36. The minimum absolute atomic E-state index is 0.526. The number of pyridine rings is 1. The third-order valence-electron chi connectivity index (χ3n) is 4.01. The van der Waals surface area contributed by atoms with Crippen LogP contribution in [0.5, 0.6) is 0 Å². The molecule has 0 aliphatic carbocycles. The Morgan fingerprint density at radius 2 is 2.09 bits per heavy atom. The number of carbonyl (C=O) groups is 1. The fourth-order valence-corrected chi connectivity index (χ4v) is 2.84. The first-order valence-corrected chi connectivity index (χ1v) is 7.36. The molecule has 0 amide bonds. The van der Waals surface area contributed by atoms with E-state index in [1.807, 2.05) is 12.1 Å². The lowest BCUT2D eigenvalue weighted by molar-refractivity contribution is 0.112. The molecule has 0 radical (unpaired) electrons. The average molecular weight is 293 g/mol. The quantitative estimate of drug-likeness (QED) is 0.751. The average Bonchev–Trinajstić information content (AvgIpc) is 3.24. The molecule has 0 spiro atoms. The van der Waals surface area contributed by atoms with Gasteiger partial charge in [-0.1, -0.05) is 0 Å². The summed E-state index contributed by atoms with van der Waals surface area (Å²) in [5, 5.41) is 0. The Labute approximate surface area is 127 Å². The van der Waals surface area contributed by atoms with Gasteiger partial charge in [-0.2, -0.15) is 0 Å². The second-order valence-corrected chi connectivity index (χ2v) is 5.41. The van der Waals surface area contributed by atoms with E-state index in [2.05, 4.69) is 24.8 Å². The first-order chi connectivity index (χ1) is 10.8. The van der Waals surface area contributed by atoms with E-state index in [1.165, 1.54) is 12.8 Å². The van der Waals surface area contributed by atoms with E-state index in [4.69, 9.17) is 0 Å². The van der Waals surface area contributed by atoms with Crippen LogP contribution < -0.4 is 4.90 Å². The highest BCUT2D eigenvalue weighted by atomic mass is 16.1. The molecule has 0 bridgehead atoms. The highest BCUT2D eigenvalue weighted by Gasteiger charge is 2.15. The number of anilines is 1. The number of fused-ring (bicyclic) bond motifs is 1. The Kier molecular flexibility index (Phi) is 3.07. The third-order valence-corrected chi connectivity index (χ3v) is 4.01. The number of H-pyrrole nitrogens is 1. The van der Waals surface area contributed by atoms with E-state index in [-0.39, 0.29) is 0 Å². The standard InChI is InChI=1S/C16H15N5O/c22-10-12-8-18-16-15(12)20-13(9-19-16)11-3-4-17-14(7-11)21-5-1-2-6-21/h3-4,7-10H,1-2,5-6H2,(H,18,19). The van der Waals surface area contributed by atoms with Crippen molar-refractivity contribution in [2.24, 2.45) is 0 Å². The van der Waals surface area contributed by atoms with Crippen molar-refractivity contribution < 1.29 is 4.79 Å². The van der Waals surface area contributed by atoms with Crippen molar-refractivity contribution >= 4 is 23.3 Å². The zero-order chi connectivity index (χ0) is 14.9. The molecule has 6 nitrogen and oxygen atoms in total. The molecule has 0 saturated carbocycles. The summed E-state index contributed by atoms with van der Waals surface area (Å²) < 4.78 is 0. The van der Waals surface area contributed by atoms with Gasteiger partial charge in [0.15, 0.2) is 11.9 Å². The van der Waals surface area contributed by atoms with Gasteiger partial charge in [0.05, 0.1) is 17.5 Å². The highest BCUT2D eigenvalue weighted by Crippen LogP contribution is 2.25. The fraction of sp³-hybridized carbons (Fsp3) is 0.250. The van der Waals surface area contributed by atoms with Gasteiger partial charge in [0.25, 0.3) is 0 Å². The molecule has 6 heteroatoms. The molecular formula is C16H15N5O. The molecule has 0 atom stereocenters. The molecule has 22 heavy (non-hydrogen) atoms. The van der Waals surface area contributed by atoms with Gasteiger partial charge in [0, 0.05) is 31.0 Å². The summed E-state index contributed by atoms with van der Waals surface area (Å²) in [5.41, 5.74) is 3.47. The first kappa shape index (κ1) is 12.9. The maximum atomic E-state index is 11.1. The summed E-state index contributed by atoms with van der Waals surface area (Å²) in [5.74, 6) is 0.974. The Morgan fingerprint density at radius 1 is 1.23 bits per heavy atom. The van der Waals surface area contributed by atoms with Gasteiger partial charge in [-0.05, 0) is 25.0 Å². The number of hydrogen-bond donors (Lipinski definition) is 1. The smallest absolute Gasteiger partial charge is 0.156 e. The van der Waals surface area contributed by atoms with Crippen LogP contribution in [-0.2, 0) is 0 Å². The lowest BCUT2D eigenvalue weighted by Gasteiger charge is -2.16. The normalized spacial score (nSPS) is 14.6. The molecule has 3 aromatic heterocycles. The zero-order valence-electron chi connectivity index (χ0n) is 12.0. The zero-order valence-corrected chi connectivity index (χ0v) is 12.0. The minimum Gasteiger partial charge on any atom is -0.357 e. The summed E-state index contributed by atoms with van der Waals surface area (Å²) in [4.78, 5) is 29.6. The van der Waals surface area contributed by atoms with Crippen molar-refractivity contribution in [2.75, 3.05) is 18.0 Å². The van der Waals surface area contributed by atoms with Crippen molar-refractivity contribution in [1.82, 2.24) is 19.9 Å². The van der Waals surface area contributed by atoms with E-state index in [1.54, 1.807) is 18.6 Å².